The summed E-state index contributed by atoms with van der Waals surface area (Å²) >= 11 is 0. The van der Waals surface area contributed by atoms with Gasteiger partial charge in [0, 0.05) is 29.6 Å². The predicted molar refractivity (Wildman–Crippen MR) is 124 cm³/mol. The van der Waals surface area contributed by atoms with E-state index in [1.54, 1.807) is 0 Å². The number of amides is 1. The van der Waals surface area contributed by atoms with Crippen LogP contribution in [0.1, 0.15) is 67.8 Å². The van der Waals surface area contributed by atoms with Crippen molar-refractivity contribution in [1.82, 2.24) is 9.88 Å². The zero-order valence-corrected chi connectivity index (χ0v) is 18.4. The van der Waals surface area contributed by atoms with E-state index in [2.05, 4.69) is 46.3 Å². The van der Waals surface area contributed by atoms with Crippen LogP contribution in [-0.2, 0) is 11.2 Å². The van der Waals surface area contributed by atoms with Gasteiger partial charge in [-0.1, -0.05) is 56.4 Å². The molecule has 3 heterocycles. The van der Waals surface area contributed by atoms with Gasteiger partial charge in [0.05, 0.1) is 6.04 Å². The van der Waals surface area contributed by atoms with Gasteiger partial charge >= 0.3 is 0 Å². The van der Waals surface area contributed by atoms with Crippen molar-refractivity contribution < 1.29 is 14.3 Å². The maximum Gasteiger partial charge on any atom is 0.231 e. The van der Waals surface area contributed by atoms with Gasteiger partial charge in [0.2, 0.25) is 12.7 Å². The Hall–Kier alpha value is -2.95. The number of fused-ring (bicyclic) bond motifs is 4. The smallest absolute Gasteiger partial charge is 0.231 e. The maximum absolute atomic E-state index is 13.5. The third-order valence-corrected chi connectivity index (χ3v) is 7.56. The van der Waals surface area contributed by atoms with Crippen LogP contribution < -0.4 is 9.47 Å². The molecule has 5 nitrogen and oxygen atoms in total. The fourth-order valence-electron chi connectivity index (χ4n) is 5.89. The molecule has 5 heteroatoms. The molecule has 1 unspecified atom stereocenters. The van der Waals surface area contributed by atoms with Gasteiger partial charge in [-0.2, -0.15) is 0 Å². The summed E-state index contributed by atoms with van der Waals surface area (Å²) in [5, 5.41) is 1.27. The van der Waals surface area contributed by atoms with Gasteiger partial charge < -0.3 is 19.4 Å². The number of ether oxygens (including phenoxy) is 2. The molecule has 1 atom stereocenters. The fraction of sp³-hybridized carbons (Fsp3) is 0.444. The average Bonchev–Trinajstić information content (AvgIpc) is 3.46. The van der Waals surface area contributed by atoms with Crippen LogP contribution in [-0.4, -0.2) is 29.1 Å². The van der Waals surface area contributed by atoms with Crippen LogP contribution in [0.2, 0.25) is 0 Å². The van der Waals surface area contributed by atoms with Gasteiger partial charge in [-0.05, 0) is 48.1 Å². The van der Waals surface area contributed by atoms with E-state index in [-0.39, 0.29) is 18.7 Å². The number of hydrogen-bond acceptors (Lipinski definition) is 3. The van der Waals surface area contributed by atoms with Crippen molar-refractivity contribution in [3.05, 3.63) is 59.3 Å². The second-order valence-corrected chi connectivity index (χ2v) is 9.46. The van der Waals surface area contributed by atoms with Gasteiger partial charge in [0.15, 0.2) is 11.5 Å². The molecule has 1 fully saturated rings. The molecule has 2 aliphatic heterocycles. The molecule has 1 N–H and O–H groups in total. The van der Waals surface area contributed by atoms with Gasteiger partial charge in [0.1, 0.15) is 0 Å². The summed E-state index contributed by atoms with van der Waals surface area (Å²) in [6.07, 6.45) is 9.10. The number of nitrogens with one attached hydrogen (secondary N) is 1. The molecule has 3 aliphatic rings. The molecule has 1 amide bonds. The summed E-state index contributed by atoms with van der Waals surface area (Å²) in [5.74, 6) is 2.52. The van der Waals surface area contributed by atoms with E-state index in [0.29, 0.717) is 12.3 Å². The minimum absolute atomic E-state index is 0.125. The zero-order valence-electron chi connectivity index (χ0n) is 18.4. The van der Waals surface area contributed by atoms with E-state index in [1.807, 2.05) is 6.07 Å². The van der Waals surface area contributed by atoms with E-state index >= 15 is 0 Å². The zero-order chi connectivity index (χ0) is 21.5. The lowest BCUT2D eigenvalue weighted by atomic mass is 9.85. The molecule has 6 rings (SSSR count). The van der Waals surface area contributed by atoms with Crippen molar-refractivity contribution in [2.45, 2.75) is 57.4 Å². The number of carbonyl (C=O) groups is 1. The Labute approximate surface area is 188 Å². The Balaban J connectivity index is 1.35. The molecular formula is C27H30N2O3. The third kappa shape index (κ3) is 3.44. The first-order valence-electron chi connectivity index (χ1n) is 12.1. The molecule has 1 saturated carbocycles. The second kappa shape index (κ2) is 8.19. The largest absolute Gasteiger partial charge is 0.454 e. The number of carbonyl (C=O) groups excluding carboxylic acids is 1. The van der Waals surface area contributed by atoms with E-state index in [9.17, 15) is 4.79 Å². The average molecular weight is 431 g/mol. The topological polar surface area (TPSA) is 54.6 Å². The van der Waals surface area contributed by atoms with Crippen molar-refractivity contribution in [2.75, 3.05) is 13.3 Å². The number of H-pyrrole nitrogens is 1. The molecule has 0 saturated heterocycles. The van der Waals surface area contributed by atoms with Gasteiger partial charge in [0.25, 0.3) is 0 Å². The van der Waals surface area contributed by atoms with Gasteiger partial charge in [-0.25, -0.2) is 0 Å². The van der Waals surface area contributed by atoms with Crippen LogP contribution >= 0.6 is 0 Å². The van der Waals surface area contributed by atoms with Crippen molar-refractivity contribution in [3.8, 4) is 11.5 Å². The Morgan fingerprint density at radius 2 is 1.88 bits per heavy atom. The third-order valence-electron chi connectivity index (χ3n) is 7.56. The van der Waals surface area contributed by atoms with E-state index in [4.69, 9.17) is 9.47 Å². The minimum Gasteiger partial charge on any atom is -0.454 e. The van der Waals surface area contributed by atoms with E-state index < -0.39 is 0 Å². The summed E-state index contributed by atoms with van der Waals surface area (Å²) in [4.78, 5) is 19.3. The number of rotatable bonds is 4. The highest BCUT2D eigenvalue weighted by atomic mass is 16.7. The minimum atomic E-state index is -0.125. The van der Waals surface area contributed by atoms with Crippen molar-refractivity contribution in [2.24, 2.45) is 5.92 Å². The first-order valence-corrected chi connectivity index (χ1v) is 12.1. The number of aromatic nitrogens is 1. The summed E-state index contributed by atoms with van der Waals surface area (Å²) in [5.41, 5.74) is 4.69. The summed E-state index contributed by atoms with van der Waals surface area (Å²) in [6, 6.07) is 14.4. The van der Waals surface area contributed by atoms with Gasteiger partial charge in [-0.3, -0.25) is 4.79 Å². The molecule has 166 valence electrons. The summed E-state index contributed by atoms with van der Waals surface area (Å²) in [6.45, 7) is 1.00. The summed E-state index contributed by atoms with van der Waals surface area (Å²) < 4.78 is 11.2. The number of nitrogens with zero attached hydrogens (tertiary/aromatic N) is 1. The molecule has 0 spiro atoms. The summed E-state index contributed by atoms with van der Waals surface area (Å²) in [7, 11) is 0. The van der Waals surface area contributed by atoms with Crippen LogP contribution in [0.5, 0.6) is 11.5 Å². The Kier molecular flexibility index (Phi) is 5.05. The molecule has 1 aromatic heterocycles. The van der Waals surface area contributed by atoms with Crippen molar-refractivity contribution >= 4 is 16.8 Å². The second-order valence-electron chi connectivity index (χ2n) is 9.46. The SMILES string of the molecule is O=C(CCC1CCCCC1)N1CCc2c([nH]c3ccccc23)C1c1ccc2c(c1)OCO2. The molecule has 0 bridgehead atoms. The first kappa shape index (κ1) is 19.7. The van der Waals surface area contributed by atoms with Crippen LogP contribution in [0.4, 0.5) is 0 Å². The molecule has 32 heavy (non-hydrogen) atoms. The van der Waals surface area contributed by atoms with Crippen LogP contribution in [0.15, 0.2) is 42.5 Å². The lowest BCUT2D eigenvalue weighted by molar-refractivity contribution is -0.133. The van der Waals surface area contributed by atoms with Crippen LogP contribution in [0.25, 0.3) is 10.9 Å². The van der Waals surface area contributed by atoms with Crippen molar-refractivity contribution in [1.29, 1.82) is 0 Å². The Morgan fingerprint density at radius 1 is 1.03 bits per heavy atom. The Morgan fingerprint density at radius 3 is 2.78 bits per heavy atom. The lowest BCUT2D eigenvalue weighted by Gasteiger charge is -2.37. The predicted octanol–water partition coefficient (Wildman–Crippen LogP) is 5.73. The highest BCUT2D eigenvalue weighted by molar-refractivity contribution is 5.86. The molecule has 0 radical (unpaired) electrons. The fourth-order valence-corrected chi connectivity index (χ4v) is 5.89. The van der Waals surface area contributed by atoms with Crippen molar-refractivity contribution in [3.63, 3.8) is 0 Å². The first-order chi connectivity index (χ1) is 15.8. The van der Waals surface area contributed by atoms with E-state index in [0.717, 1.165) is 47.7 Å². The monoisotopic (exact) mass is 430 g/mol. The number of para-hydroxylation sites is 1. The standard InChI is InChI=1S/C27H30N2O3/c30-25(13-10-18-6-2-1-3-7-18)29-15-14-21-20-8-4-5-9-22(20)28-26(21)27(29)19-11-12-23-24(16-19)32-17-31-23/h4-5,8-9,11-12,16,18,27-28H,1-3,6-7,10,13-15,17H2. The number of benzene rings is 2. The van der Waals surface area contributed by atoms with Gasteiger partial charge in [-0.15, -0.1) is 0 Å². The molecule has 1 aliphatic carbocycles. The molecular weight excluding hydrogens is 400 g/mol. The Bertz CT molecular complexity index is 1150. The normalized spacial score (nSPS) is 20.5. The lowest BCUT2D eigenvalue weighted by Crippen LogP contribution is -2.40. The maximum atomic E-state index is 13.5. The molecule has 3 aromatic rings. The molecule has 2 aromatic carbocycles. The highest BCUT2D eigenvalue weighted by Crippen LogP contribution is 2.42. The quantitative estimate of drug-likeness (QED) is 0.575. The number of hydrogen-bond donors (Lipinski definition) is 1. The van der Waals surface area contributed by atoms with Crippen LogP contribution in [0.3, 0.4) is 0 Å². The van der Waals surface area contributed by atoms with Crippen LogP contribution in [0, 0.1) is 5.92 Å². The van der Waals surface area contributed by atoms with E-state index in [1.165, 1.54) is 43.1 Å². The highest BCUT2D eigenvalue weighted by Gasteiger charge is 2.35. The number of aromatic amines is 1.